The summed E-state index contributed by atoms with van der Waals surface area (Å²) in [6, 6.07) is 13.7. The van der Waals surface area contributed by atoms with Crippen LogP contribution in [-0.4, -0.2) is 21.8 Å². The van der Waals surface area contributed by atoms with E-state index in [1.165, 1.54) is 5.56 Å². The van der Waals surface area contributed by atoms with Gasteiger partial charge < -0.3 is 10.1 Å². The molecule has 1 heterocycles. The second-order valence-electron chi connectivity index (χ2n) is 6.98. The SMILES string of the molecule is Cc1ccc(Cn2nccc2NC(=O)C(C)Oc2cc(C)c(Cl)c(C)c2)cc1. The average Bonchev–Trinajstić information content (AvgIpc) is 3.08. The Morgan fingerprint density at radius 1 is 1.14 bits per heavy atom. The van der Waals surface area contributed by atoms with Gasteiger partial charge in [0, 0.05) is 11.1 Å². The monoisotopic (exact) mass is 397 g/mol. The van der Waals surface area contributed by atoms with Crippen LogP contribution in [0.15, 0.2) is 48.7 Å². The van der Waals surface area contributed by atoms with E-state index in [2.05, 4.69) is 41.6 Å². The van der Waals surface area contributed by atoms with Gasteiger partial charge in [-0.15, -0.1) is 0 Å². The number of aromatic nitrogens is 2. The highest BCUT2D eigenvalue weighted by Crippen LogP contribution is 2.26. The number of nitrogens with zero attached hydrogens (tertiary/aromatic N) is 2. The van der Waals surface area contributed by atoms with Crippen LogP contribution in [0.1, 0.15) is 29.2 Å². The minimum atomic E-state index is -0.664. The maximum absolute atomic E-state index is 12.6. The normalized spacial score (nSPS) is 11.9. The largest absolute Gasteiger partial charge is 0.481 e. The molecule has 0 bridgehead atoms. The molecule has 1 unspecified atom stereocenters. The lowest BCUT2D eigenvalue weighted by atomic mass is 10.1. The maximum atomic E-state index is 12.6. The molecule has 1 aromatic heterocycles. The van der Waals surface area contributed by atoms with Crippen molar-refractivity contribution in [2.45, 2.75) is 40.3 Å². The first kappa shape index (κ1) is 20.0. The second kappa shape index (κ2) is 8.48. The first-order valence-corrected chi connectivity index (χ1v) is 9.53. The number of halogens is 1. The molecule has 146 valence electrons. The van der Waals surface area contributed by atoms with Gasteiger partial charge >= 0.3 is 0 Å². The van der Waals surface area contributed by atoms with Gasteiger partial charge in [-0.25, -0.2) is 4.68 Å². The number of nitrogens with one attached hydrogen (secondary N) is 1. The van der Waals surface area contributed by atoms with E-state index >= 15 is 0 Å². The number of anilines is 1. The number of carbonyl (C=O) groups is 1. The van der Waals surface area contributed by atoms with Crippen molar-refractivity contribution in [2.24, 2.45) is 0 Å². The summed E-state index contributed by atoms with van der Waals surface area (Å²) in [4.78, 5) is 12.6. The van der Waals surface area contributed by atoms with Gasteiger partial charge in [-0.3, -0.25) is 4.79 Å². The zero-order chi connectivity index (χ0) is 20.3. The lowest BCUT2D eigenvalue weighted by Crippen LogP contribution is -2.31. The van der Waals surface area contributed by atoms with Crippen molar-refractivity contribution in [1.82, 2.24) is 9.78 Å². The van der Waals surface area contributed by atoms with E-state index in [4.69, 9.17) is 16.3 Å². The summed E-state index contributed by atoms with van der Waals surface area (Å²) < 4.78 is 7.57. The van der Waals surface area contributed by atoms with Crippen LogP contribution in [0.25, 0.3) is 0 Å². The summed E-state index contributed by atoms with van der Waals surface area (Å²) in [6.45, 7) is 8.17. The minimum Gasteiger partial charge on any atom is -0.481 e. The van der Waals surface area contributed by atoms with E-state index in [1.807, 2.05) is 26.0 Å². The van der Waals surface area contributed by atoms with Crippen molar-refractivity contribution >= 4 is 23.3 Å². The van der Waals surface area contributed by atoms with Crippen LogP contribution < -0.4 is 10.1 Å². The summed E-state index contributed by atoms with van der Waals surface area (Å²) >= 11 is 6.19. The number of hydrogen-bond donors (Lipinski definition) is 1. The average molecular weight is 398 g/mol. The van der Waals surface area contributed by atoms with Crippen LogP contribution in [-0.2, 0) is 11.3 Å². The van der Waals surface area contributed by atoms with Gasteiger partial charge in [0.1, 0.15) is 11.6 Å². The second-order valence-corrected chi connectivity index (χ2v) is 7.36. The highest BCUT2D eigenvalue weighted by molar-refractivity contribution is 6.32. The van der Waals surface area contributed by atoms with E-state index in [9.17, 15) is 4.79 Å². The Balaban J connectivity index is 1.66. The third-order valence-electron chi connectivity index (χ3n) is 4.51. The van der Waals surface area contributed by atoms with Gasteiger partial charge in [0.25, 0.3) is 5.91 Å². The molecule has 0 spiro atoms. The Hall–Kier alpha value is -2.79. The van der Waals surface area contributed by atoms with E-state index in [0.29, 0.717) is 23.1 Å². The quantitative estimate of drug-likeness (QED) is 0.642. The molecule has 5 nitrogen and oxygen atoms in total. The van der Waals surface area contributed by atoms with Crippen molar-refractivity contribution in [1.29, 1.82) is 0 Å². The molecule has 0 saturated heterocycles. The minimum absolute atomic E-state index is 0.240. The van der Waals surface area contributed by atoms with Crippen LogP contribution in [0.4, 0.5) is 5.82 Å². The first-order chi connectivity index (χ1) is 13.3. The summed E-state index contributed by atoms with van der Waals surface area (Å²) in [5.41, 5.74) is 4.15. The molecule has 3 rings (SSSR count). The fourth-order valence-electron chi connectivity index (χ4n) is 2.89. The molecule has 1 atom stereocenters. The fraction of sp³-hybridized carbons (Fsp3) is 0.273. The van der Waals surface area contributed by atoms with Crippen molar-refractivity contribution < 1.29 is 9.53 Å². The van der Waals surface area contributed by atoms with Gasteiger partial charge in [0.05, 0.1) is 12.7 Å². The molecule has 0 saturated carbocycles. The summed E-state index contributed by atoms with van der Waals surface area (Å²) in [7, 11) is 0. The van der Waals surface area contributed by atoms with Gasteiger partial charge in [-0.2, -0.15) is 5.10 Å². The molecule has 0 aliphatic rings. The first-order valence-electron chi connectivity index (χ1n) is 9.15. The van der Waals surface area contributed by atoms with Crippen molar-refractivity contribution in [3.63, 3.8) is 0 Å². The van der Waals surface area contributed by atoms with Crippen molar-refractivity contribution in [3.8, 4) is 5.75 Å². The molecule has 6 heteroatoms. The lowest BCUT2D eigenvalue weighted by molar-refractivity contribution is -0.122. The Bertz CT molecular complexity index is 957. The number of amides is 1. The van der Waals surface area contributed by atoms with Gasteiger partial charge in [0.15, 0.2) is 6.10 Å². The van der Waals surface area contributed by atoms with E-state index < -0.39 is 6.10 Å². The number of benzene rings is 2. The summed E-state index contributed by atoms with van der Waals surface area (Å²) in [6.07, 6.45) is 1.00. The predicted molar refractivity (Wildman–Crippen MR) is 112 cm³/mol. The highest BCUT2D eigenvalue weighted by Gasteiger charge is 2.17. The van der Waals surface area contributed by atoms with Crippen LogP contribution in [0.3, 0.4) is 0 Å². The molecule has 2 aromatic carbocycles. The molecule has 1 N–H and O–H groups in total. The van der Waals surface area contributed by atoms with Crippen LogP contribution in [0.5, 0.6) is 5.75 Å². The summed E-state index contributed by atoms with van der Waals surface area (Å²) in [5.74, 6) is 1.01. The van der Waals surface area contributed by atoms with E-state index in [-0.39, 0.29) is 5.91 Å². The van der Waals surface area contributed by atoms with Crippen molar-refractivity contribution in [3.05, 3.63) is 75.9 Å². The molecule has 0 radical (unpaired) electrons. The highest BCUT2D eigenvalue weighted by atomic mass is 35.5. The van der Waals surface area contributed by atoms with Crippen LogP contribution in [0, 0.1) is 20.8 Å². The van der Waals surface area contributed by atoms with Crippen LogP contribution in [0.2, 0.25) is 5.02 Å². The van der Waals surface area contributed by atoms with Gasteiger partial charge in [-0.1, -0.05) is 41.4 Å². The number of carbonyl (C=O) groups excluding carboxylic acids is 1. The third-order valence-corrected chi connectivity index (χ3v) is 5.11. The number of ether oxygens (including phenoxy) is 1. The molecular formula is C22H24ClN3O2. The molecule has 0 aliphatic carbocycles. The number of rotatable bonds is 6. The molecule has 1 amide bonds. The Labute approximate surface area is 170 Å². The van der Waals surface area contributed by atoms with Gasteiger partial charge in [-0.05, 0) is 56.5 Å². The molecule has 3 aromatic rings. The molecule has 0 fully saturated rings. The molecule has 28 heavy (non-hydrogen) atoms. The third kappa shape index (κ3) is 4.73. The summed E-state index contributed by atoms with van der Waals surface area (Å²) in [5, 5.41) is 7.92. The van der Waals surface area contributed by atoms with Gasteiger partial charge in [0.2, 0.25) is 0 Å². The topological polar surface area (TPSA) is 56.2 Å². The van der Waals surface area contributed by atoms with Crippen molar-refractivity contribution in [2.75, 3.05) is 5.32 Å². The van der Waals surface area contributed by atoms with E-state index in [1.54, 1.807) is 23.9 Å². The Kier molecular flexibility index (Phi) is 6.05. The Morgan fingerprint density at radius 3 is 2.43 bits per heavy atom. The maximum Gasteiger partial charge on any atom is 0.266 e. The zero-order valence-electron chi connectivity index (χ0n) is 16.5. The number of hydrogen-bond acceptors (Lipinski definition) is 3. The molecule has 0 aliphatic heterocycles. The number of aryl methyl sites for hydroxylation is 3. The smallest absolute Gasteiger partial charge is 0.266 e. The Morgan fingerprint density at radius 2 is 1.79 bits per heavy atom. The lowest BCUT2D eigenvalue weighted by Gasteiger charge is -2.17. The zero-order valence-corrected chi connectivity index (χ0v) is 17.2. The fourth-order valence-corrected chi connectivity index (χ4v) is 3.00. The van der Waals surface area contributed by atoms with Crippen LogP contribution >= 0.6 is 11.6 Å². The predicted octanol–water partition coefficient (Wildman–Crippen LogP) is 4.92. The van der Waals surface area contributed by atoms with E-state index in [0.717, 1.165) is 16.7 Å². The standard InChI is InChI=1S/C22H24ClN3O2/c1-14-5-7-18(8-6-14)13-26-20(9-10-24-26)25-22(27)17(4)28-19-11-15(2)21(23)16(3)12-19/h5-12,17H,13H2,1-4H3,(H,25,27). The molecular weight excluding hydrogens is 374 g/mol.